The molecule has 0 saturated carbocycles. The maximum absolute atomic E-state index is 13.8. The van der Waals surface area contributed by atoms with Crippen molar-refractivity contribution in [2.24, 2.45) is 0 Å². The number of carbonyl (C=O) groups excluding carboxylic acids is 1. The van der Waals surface area contributed by atoms with Gasteiger partial charge in [-0.3, -0.25) is 4.79 Å². The van der Waals surface area contributed by atoms with Crippen LogP contribution < -0.4 is 10.2 Å². The molecule has 1 aliphatic rings. The van der Waals surface area contributed by atoms with Gasteiger partial charge in [0.25, 0.3) is 0 Å². The van der Waals surface area contributed by atoms with E-state index in [1.165, 1.54) is 23.9 Å². The van der Waals surface area contributed by atoms with Crippen LogP contribution in [-0.4, -0.2) is 56.4 Å². The minimum Gasteiger partial charge on any atom is -0.377 e. The number of fused-ring (bicyclic) bond motifs is 1. The van der Waals surface area contributed by atoms with E-state index in [1.54, 1.807) is 19.4 Å². The van der Waals surface area contributed by atoms with Gasteiger partial charge < -0.3 is 15.0 Å². The summed E-state index contributed by atoms with van der Waals surface area (Å²) in [7, 11) is 1.68. The number of nitrogens with one attached hydrogen (secondary N) is 1. The van der Waals surface area contributed by atoms with Crippen molar-refractivity contribution >= 4 is 28.4 Å². The Labute approximate surface area is 177 Å². The zero-order chi connectivity index (χ0) is 22.4. The molecule has 1 N–H and O–H groups in total. The molecule has 9 nitrogen and oxygen atoms in total. The van der Waals surface area contributed by atoms with Gasteiger partial charge in [-0.1, -0.05) is 0 Å². The fourth-order valence-electron chi connectivity index (χ4n) is 3.61. The summed E-state index contributed by atoms with van der Waals surface area (Å²) in [4.78, 5) is 25.6. The summed E-state index contributed by atoms with van der Waals surface area (Å²) < 4.78 is 34.7. The number of halogens is 2. The van der Waals surface area contributed by atoms with Crippen molar-refractivity contribution in [2.75, 3.05) is 30.4 Å². The van der Waals surface area contributed by atoms with Crippen LogP contribution in [-0.2, 0) is 15.5 Å². The fraction of sp³-hybridized carbons (Fsp3) is 0.450. The Kier molecular flexibility index (Phi) is 5.08. The molecule has 0 spiro atoms. The van der Waals surface area contributed by atoms with Crippen LogP contribution in [0.3, 0.4) is 0 Å². The first kappa shape index (κ1) is 21.0. The van der Waals surface area contributed by atoms with Crippen molar-refractivity contribution < 1.29 is 18.3 Å². The van der Waals surface area contributed by atoms with E-state index in [0.717, 1.165) is 13.3 Å². The quantitative estimate of drug-likeness (QED) is 0.663. The first-order valence-electron chi connectivity index (χ1n) is 9.78. The van der Waals surface area contributed by atoms with Gasteiger partial charge >= 0.3 is 5.92 Å². The predicted octanol–water partition coefficient (Wildman–Crippen LogP) is 2.90. The van der Waals surface area contributed by atoms with Gasteiger partial charge in [0.2, 0.25) is 11.7 Å². The Balaban J connectivity index is 1.87. The van der Waals surface area contributed by atoms with Gasteiger partial charge in [0.15, 0.2) is 11.6 Å². The number of nitrogens with zero attached hydrogens (tertiary/aromatic N) is 6. The van der Waals surface area contributed by atoms with Crippen molar-refractivity contribution in [3.63, 3.8) is 0 Å². The third kappa shape index (κ3) is 4.05. The molecule has 4 heterocycles. The SMILES string of the molecule is CO[C@]1(C)CCN(c2nn(-c3ccnc(C(C)(F)F)n3)c3cc(NC(C)=O)ncc23)C1. The first-order valence-corrected chi connectivity index (χ1v) is 9.78. The maximum atomic E-state index is 13.8. The Morgan fingerprint density at radius 1 is 1.35 bits per heavy atom. The molecule has 3 aromatic rings. The van der Waals surface area contributed by atoms with Crippen LogP contribution in [0.1, 0.15) is 33.0 Å². The molecule has 4 rings (SSSR count). The van der Waals surface area contributed by atoms with Crippen molar-refractivity contribution in [1.29, 1.82) is 0 Å². The minimum absolute atomic E-state index is 0.191. The molecule has 3 aromatic heterocycles. The number of carbonyl (C=O) groups is 1. The lowest BCUT2D eigenvalue weighted by molar-refractivity contribution is -0.114. The van der Waals surface area contributed by atoms with Gasteiger partial charge in [0.1, 0.15) is 5.82 Å². The fourth-order valence-corrected chi connectivity index (χ4v) is 3.61. The Morgan fingerprint density at radius 2 is 2.13 bits per heavy atom. The van der Waals surface area contributed by atoms with Crippen LogP contribution in [0.15, 0.2) is 24.5 Å². The molecule has 0 radical (unpaired) electrons. The second-order valence-corrected chi connectivity index (χ2v) is 7.96. The van der Waals surface area contributed by atoms with Gasteiger partial charge in [-0.2, -0.15) is 8.78 Å². The smallest absolute Gasteiger partial charge is 0.303 e. The standard InChI is InChI=1S/C20H23F2N7O2/c1-12(30)25-15-9-14-13(10-24-15)17(28-8-6-19(2,11-28)31-4)27-29(14)16-5-7-23-18(26-16)20(3,21)22/h5,7,9-10H,6,8,11H2,1-4H3,(H,24,25,30)/t19-/m1/s1. The third-order valence-corrected chi connectivity index (χ3v) is 5.33. The first-order chi connectivity index (χ1) is 14.6. The van der Waals surface area contributed by atoms with Gasteiger partial charge in [-0.25, -0.2) is 19.6 Å². The maximum Gasteiger partial charge on any atom is 0.303 e. The number of ether oxygens (including phenoxy) is 1. The number of hydrogen-bond acceptors (Lipinski definition) is 7. The van der Waals surface area contributed by atoms with Gasteiger partial charge in [-0.05, 0) is 13.3 Å². The van der Waals surface area contributed by atoms with Crippen molar-refractivity contribution in [3.05, 3.63) is 30.4 Å². The van der Waals surface area contributed by atoms with E-state index >= 15 is 0 Å². The van der Waals surface area contributed by atoms with Crippen LogP contribution in [0.2, 0.25) is 0 Å². The average Bonchev–Trinajstić information content (AvgIpc) is 3.28. The summed E-state index contributed by atoms with van der Waals surface area (Å²) in [6.45, 7) is 5.48. The molecule has 0 unspecified atom stereocenters. The molecule has 0 bridgehead atoms. The molecule has 0 aromatic carbocycles. The third-order valence-electron chi connectivity index (χ3n) is 5.33. The summed E-state index contributed by atoms with van der Waals surface area (Å²) in [6.07, 6.45) is 3.70. The molecular weight excluding hydrogens is 408 g/mol. The number of amides is 1. The van der Waals surface area contributed by atoms with E-state index in [0.29, 0.717) is 35.6 Å². The number of anilines is 2. The topological polar surface area (TPSA) is 98.1 Å². The van der Waals surface area contributed by atoms with Crippen LogP contribution in [0, 0.1) is 0 Å². The highest BCUT2D eigenvalue weighted by Crippen LogP contribution is 2.34. The lowest BCUT2D eigenvalue weighted by atomic mass is 10.1. The minimum atomic E-state index is -3.19. The monoisotopic (exact) mass is 431 g/mol. The highest BCUT2D eigenvalue weighted by molar-refractivity contribution is 5.95. The predicted molar refractivity (Wildman–Crippen MR) is 111 cm³/mol. The van der Waals surface area contributed by atoms with E-state index in [9.17, 15) is 13.6 Å². The molecule has 1 saturated heterocycles. The van der Waals surface area contributed by atoms with E-state index in [4.69, 9.17) is 4.74 Å². The highest BCUT2D eigenvalue weighted by atomic mass is 19.3. The second kappa shape index (κ2) is 7.49. The van der Waals surface area contributed by atoms with Crippen molar-refractivity contribution in [1.82, 2.24) is 24.7 Å². The molecule has 1 atom stereocenters. The number of aromatic nitrogens is 5. The number of alkyl halides is 2. The van der Waals surface area contributed by atoms with E-state index in [2.05, 4.69) is 30.3 Å². The van der Waals surface area contributed by atoms with Gasteiger partial charge in [0.05, 0.1) is 16.5 Å². The summed E-state index contributed by atoms with van der Waals surface area (Å²) in [5.41, 5.74) is 0.260. The molecule has 31 heavy (non-hydrogen) atoms. The number of pyridine rings is 1. The molecule has 1 amide bonds. The summed E-state index contributed by atoms with van der Waals surface area (Å²) in [5, 5.41) is 8.03. The van der Waals surface area contributed by atoms with Crippen molar-refractivity contribution in [3.8, 4) is 5.82 Å². The Bertz CT molecular complexity index is 1140. The van der Waals surface area contributed by atoms with Crippen molar-refractivity contribution in [2.45, 2.75) is 38.7 Å². The Morgan fingerprint density at radius 3 is 2.77 bits per heavy atom. The lowest BCUT2D eigenvalue weighted by Gasteiger charge is -2.22. The second-order valence-electron chi connectivity index (χ2n) is 7.96. The molecule has 1 fully saturated rings. The van der Waals surface area contributed by atoms with Gasteiger partial charge in [-0.15, -0.1) is 5.10 Å². The number of methoxy groups -OCH3 is 1. The summed E-state index contributed by atoms with van der Waals surface area (Å²) >= 11 is 0. The van der Waals surface area contributed by atoms with Gasteiger partial charge in [0, 0.05) is 58.6 Å². The van der Waals surface area contributed by atoms with Crippen LogP contribution >= 0.6 is 0 Å². The Hall–Kier alpha value is -3.21. The zero-order valence-corrected chi connectivity index (χ0v) is 17.7. The largest absolute Gasteiger partial charge is 0.377 e. The molecule has 11 heteroatoms. The molecule has 1 aliphatic heterocycles. The summed E-state index contributed by atoms with van der Waals surface area (Å²) in [5.74, 6) is -2.91. The van der Waals surface area contributed by atoms with E-state index in [-0.39, 0.29) is 17.3 Å². The molecular formula is C20H23F2N7O2. The van der Waals surface area contributed by atoms with Crippen LogP contribution in [0.25, 0.3) is 16.7 Å². The zero-order valence-electron chi connectivity index (χ0n) is 17.7. The molecule has 0 aliphatic carbocycles. The normalized spacial score (nSPS) is 19.2. The van der Waals surface area contributed by atoms with Crippen LogP contribution in [0.4, 0.5) is 20.4 Å². The lowest BCUT2D eigenvalue weighted by Crippen LogP contribution is -2.32. The molecule has 164 valence electrons. The number of rotatable bonds is 5. The summed E-state index contributed by atoms with van der Waals surface area (Å²) in [6, 6.07) is 3.15. The van der Waals surface area contributed by atoms with Crippen LogP contribution in [0.5, 0.6) is 0 Å². The average molecular weight is 431 g/mol. The van der Waals surface area contributed by atoms with E-state index in [1.807, 2.05) is 6.92 Å². The van der Waals surface area contributed by atoms with E-state index < -0.39 is 11.7 Å². The highest BCUT2D eigenvalue weighted by Gasteiger charge is 2.36. The number of hydrogen-bond donors (Lipinski definition) is 1.